The van der Waals surface area contributed by atoms with Gasteiger partial charge in [-0.15, -0.1) is 0 Å². The molecule has 0 unspecified atom stereocenters. The van der Waals surface area contributed by atoms with Gasteiger partial charge in [-0.3, -0.25) is 4.79 Å². The fraction of sp³-hybridized carbons (Fsp3) is 0.333. The fourth-order valence-electron chi connectivity index (χ4n) is 3.08. The molecule has 1 aromatic heterocycles. The van der Waals surface area contributed by atoms with Crippen LogP contribution in [0.15, 0.2) is 47.3 Å². The van der Waals surface area contributed by atoms with E-state index in [-0.39, 0.29) is 5.56 Å². The molecule has 2 aromatic carbocycles. The Bertz CT molecular complexity index is 963. The third-order valence-corrected chi connectivity index (χ3v) is 4.49. The third-order valence-electron chi connectivity index (χ3n) is 4.49. The molecule has 3 rings (SSSR count). The van der Waals surface area contributed by atoms with Crippen LogP contribution in [-0.2, 0) is 13.0 Å². The second-order valence-electron chi connectivity index (χ2n) is 6.24. The summed E-state index contributed by atoms with van der Waals surface area (Å²) in [7, 11) is 3.25. The monoisotopic (exact) mass is 352 g/mol. The van der Waals surface area contributed by atoms with E-state index in [1.165, 1.54) is 0 Å². The number of nitrogens with zero attached hydrogens (tertiary/aromatic N) is 2. The van der Waals surface area contributed by atoms with E-state index in [0.717, 1.165) is 29.5 Å². The first kappa shape index (κ1) is 18.0. The minimum absolute atomic E-state index is 0.0230. The van der Waals surface area contributed by atoms with Gasteiger partial charge in [0, 0.05) is 18.4 Å². The normalized spacial score (nSPS) is 10.9. The molecule has 0 N–H and O–H groups in total. The summed E-state index contributed by atoms with van der Waals surface area (Å²) in [4.78, 5) is 12.7. The average molecular weight is 352 g/mol. The topological polar surface area (TPSA) is 53.4 Å². The molecule has 0 bridgehead atoms. The molecule has 0 amide bonds. The Morgan fingerprint density at radius 2 is 1.73 bits per heavy atom. The number of ether oxygens (including phenoxy) is 2. The van der Waals surface area contributed by atoms with Gasteiger partial charge in [-0.2, -0.15) is 5.10 Å². The smallest absolute Gasteiger partial charge is 0.274 e. The number of unbranched alkanes of at least 4 members (excludes halogenated alkanes) is 1. The van der Waals surface area contributed by atoms with Crippen LogP contribution in [0.4, 0.5) is 0 Å². The number of aromatic nitrogens is 2. The first-order valence-electron chi connectivity index (χ1n) is 8.87. The molecule has 26 heavy (non-hydrogen) atoms. The Balaban J connectivity index is 2.06. The molecule has 0 aliphatic carbocycles. The van der Waals surface area contributed by atoms with Gasteiger partial charge < -0.3 is 9.47 Å². The van der Waals surface area contributed by atoms with Gasteiger partial charge in [-0.05, 0) is 30.2 Å². The summed E-state index contributed by atoms with van der Waals surface area (Å²) >= 11 is 0. The van der Waals surface area contributed by atoms with Crippen LogP contribution in [0.2, 0.25) is 0 Å². The Morgan fingerprint density at radius 1 is 1.00 bits per heavy atom. The molecule has 0 aliphatic heterocycles. The van der Waals surface area contributed by atoms with E-state index in [1.807, 2.05) is 42.5 Å². The predicted molar refractivity (Wildman–Crippen MR) is 103 cm³/mol. The number of hydrogen-bond acceptors (Lipinski definition) is 4. The van der Waals surface area contributed by atoms with Gasteiger partial charge in [0.2, 0.25) is 0 Å². The maximum atomic E-state index is 12.7. The highest BCUT2D eigenvalue weighted by Gasteiger charge is 2.12. The van der Waals surface area contributed by atoms with Gasteiger partial charge >= 0.3 is 0 Å². The van der Waals surface area contributed by atoms with Crippen molar-refractivity contribution in [3.05, 3.63) is 64.1 Å². The van der Waals surface area contributed by atoms with E-state index in [9.17, 15) is 4.79 Å². The summed E-state index contributed by atoms with van der Waals surface area (Å²) < 4.78 is 12.3. The van der Waals surface area contributed by atoms with Crippen molar-refractivity contribution >= 4 is 10.8 Å². The van der Waals surface area contributed by atoms with Crippen LogP contribution in [-0.4, -0.2) is 24.0 Å². The zero-order valence-electron chi connectivity index (χ0n) is 15.5. The summed E-state index contributed by atoms with van der Waals surface area (Å²) in [6, 6.07) is 13.5. The zero-order chi connectivity index (χ0) is 18.5. The van der Waals surface area contributed by atoms with Crippen molar-refractivity contribution in [3.63, 3.8) is 0 Å². The van der Waals surface area contributed by atoms with Crippen molar-refractivity contribution in [1.29, 1.82) is 0 Å². The Hall–Kier alpha value is -2.82. The molecular weight excluding hydrogens is 328 g/mol. The average Bonchev–Trinajstić information content (AvgIpc) is 2.69. The van der Waals surface area contributed by atoms with Gasteiger partial charge in [-0.25, -0.2) is 4.68 Å². The quantitative estimate of drug-likeness (QED) is 0.649. The van der Waals surface area contributed by atoms with Crippen LogP contribution in [0.3, 0.4) is 0 Å². The summed E-state index contributed by atoms with van der Waals surface area (Å²) in [6.45, 7) is 2.75. The van der Waals surface area contributed by atoms with Crippen LogP contribution in [0, 0.1) is 0 Å². The first-order valence-corrected chi connectivity index (χ1v) is 8.87. The molecule has 5 heteroatoms. The highest BCUT2D eigenvalue weighted by atomic mass is 16.5. The number of methoxy groups -OCH3 is 2. The maximum absolute atomic E-state index is 12.7. The van der Waals surface area contributed by atoms with E-state index in [2.05, 4.69) is 12.0 Å². The lowest BCUT2D eigenvalue weighted by molar-refractivity contribution is 0.354. The third kappa shape index (κ3) is 3.57. The van der Waals surface area contributed by atoms with Crippen molar-refractivity contribution in [1.82, 2.24) is 9.78 Å². The van der Waals surface area contributed by atoms with Crippen molar-refractivity contribution in [3.8, 4) is 11.5 Å². The van der Waals surface area contributed by atoms with Crippen molar-refractivity contribution in [2.45, 2.75) is 32.7 Å². The SMILES string of the molecule is CCCCn1nc(Cc2ccc(OC)c(OC)c2)c2ccccc2c1=O. The molecule has 136 valence electrons. The minimum Gasteiger partial charge on any atom is -0.493 e. The second-order valence-corrected chi connectivity index (χ2v) is 6.24. The molecule has 0 atom stereocenters. The Kier molecular flexibility index (Phi) is 5.56. The van der Waals surface area contributed by atoms with Crippen molar-refractivity contribution in [2.75, 3.05) is 14.2 Å². The summed E-state index contributed by atoms with van der Waals surface area (Å²) in [6.07, 6.45) is 2.57. The van der Waals surface area contributed by atoms with Crippen LogP contribution < -0.4 is 15.0 Å². The van der Waals surface area contributed by atoms with Crippen LogP contribution in [0.1, 0.15) is 31.0 Å². The summed E-state index contributed by atoms with van der Waals surface area (Å²) in [5.41, 5.74) is 1.93. The number of hydrogen-bond donors (Lipinski definition) is 0. The standard InChI is InChI=1S/C21H24N2O3/c1-4-5-12-23-21(24)17-9-7-6-8-16(17)18(22-23)13-15-10-11-19(25-2)20(14-15)26-3/h6-11,14H,4-5,12-13H2,1-3H3. The fourth-order valence-corrected chi connectivity index (χ4v) is 3.08. The number of fused-ring (bicyclic) bond motifs is 1. The second kappa shape index (κ2) is 8.04. The largest absolute Gasteiger partial charge is 0.493 e. The van der Waals surface area contributed by atoms with E-state index in [1.54, 1.807) is 18.9 Å². The van der Waals surface area contributed by atoms with Gasteiger partial charge in [0.15, 0.2) is 11.5 Å². The molecule has 0 spiro atoms. The highest BCUT2D eigenvalue weighted by molar-refractivity contribution is 5.83. The first-order chi connectivity index (χ1) is 12.7. The van der Waals surface area contributed by atoms with E-state index in [4.69, 9.17) is 9.47 Å². The lowest BCUT2D eigenvalue weighted by Gasteiger charge is -2.12. The van der Waals surface area contributed by atoms with Gasteiger partial charge in [0.25, 0.3) is 5.56 Å². The number of aryl methyl sites for hydroxylation is 1. The predicted octanol–water partition coefficient (Wildman–Crippen LogP) is 3.80. The molecule has 0 saturated heterocycles. The van der Waals surface area contributed by atoms with Gasteiger partial charge in [0.05, 0.1) is 25.3 Å². The van der Waals surface area contributed by atoms with Crippen LogP contribution >= 0.6 is 0 Å². The van der Waals surface area contributed by atoms with Gasteiger partial charge in [0.1, 0.15) is 0 Å². The highest BCUT2D eigenvalue weighted by Crippen LogP contribution is 2.29. The molecule has 0 fully saturated rings. The van der Waals surface area contributed by atoms with Gasteiger partial charge in [-0.1, -0.05) is 37.6 Å². The van der Waals surface area contributed by atoms with Crippen LogP contribution in [0.25, 0.3) is 10.8 Å². The van der Waals surface area contributed by atoms with Crippen LogP contribution in [0.5, 0.6) is 11.5 Å². The lowest BCUT2D eigenvalue weighted by atomic mass is 10.0. The van der Waals surface area contributed by atoms with E-state index < -0.39 is 0 Å². The summed E-state index contributed by atoms with van der Waals surface area (Å²) in [5.74, 6) is 1.38. The number of benzene rings is 2. The molecule has 0 radical (unpaired) electrons. The molecule has 5 nitrogen and oxygen atoms in total. The van der Waals surface area contributed by atoms with E-state index >= 15 is 0 Å². The maximum Gasteiger partial charge on any atom is 0.274 e. The summed E-state index contributed by atoms with van der Waals surface area (Å²) in [5, 5.41) is 6.28. The minimum atomic E-state index is -0.0230. The zero-order valence-corrected chi connectivity index (χ0v) is 15.5. The van der Waals surface area contributed by atoms with Crippen molar-refractivity contribution in [2.24, 2.45) is 0 Å². The lowest BCUT2D eigenvalue weighted by Crippen LogP contribution is -2.25. The van der Waals surface area contributed by atoms with Crippen molar-refractivity contribution < 1.29 is 9.47 Å². The van der Waals surface area contributed by atoms with E-state index in [0.29, 0.717) is 29.9 Å². The molecule has 3 aromatic rings. The molecular formula is C21H24N2O3. The molecule has 1 heterocycles. The number of rotatable bonds is 7. The molecule has 0 saturated carbocycles. The Morgan fingerprint density at radius 3 is 2.42 bits per heavy atom. The Labute approximate surface area is 153 Å². The molecule has 0 aliphatic rings.